The Morgan fingerprint density at radius 1 is 1.22 bits per heavy atom. The number of carboxylic acid groups (broad SMARTS) is 1. The zero-order chi connectivity index (χ0) is 19.6. The van der Waals surface area contributed by atoms with Crippen molar-refractivity contribution in [2.75, 3.05) is 20.8 Å². The maximum Gasteiger partial charge on any atom is 0.323 e. The van der Waals surface area contributed by atoms with Crippen LogP contribution in [0.2, 0.25) is 0 Å². The van der Waals surface area contributed by atoms with Crippen molar-refractivity contribution in [1.82, 2.24) is 9.88 Å². The minimum absolute atomic E-state index is 0.0671. The molecule has 0 spiro atoms. The number of hydrogen-bond acceptors (Lipinski definition) is 6. The first-order valence-electron chi connectivity index (χ1n) is 8.61. The Morgan fingerprint density at radius 2 is 1.85 bits per heavy atom. The van der Waals surface area contributed by atoms with E-state index < -0.39 is 18.4 Å². The normalized spacial score (nSPS) is 13.3. The predicted octanol–water partition coefficient (Wildman–Crippen LogP) is 2.60. The molecule has 0 radical (unpaired) electrons. The van der Waals surface area contributed by atoms with Gasteiger partial charge in [-0.25, -0.2) is 4.98 Å². The number of aryl methyl sites for hydroxylation is 1. The van der Waals surface area contributed by atoms with Gasteiger partial charge in [-0.1, -0.05) is 0 Å². The fraction of sp³-hybridized carbons (Fsp3) is 0.421. The second kappa shape index (κ2) is 7.69. The Balaban J connectivity index is 1.87. The third-order valence-corrected chi connectivity index (χ3v) is 4.33. The topological polar surface area (TPSA) is 102 Å². The Morgan fingerprint density at radius 3 is 2.37 bits per heavy atom. The van der Waals surface area contributed by atoms with Crippen LogP contribution in [-0.4, -0.2) is 47.6 Å². The van der Waals surface area contributed by atoms with Crippen LogP contribution in [0.4, 0.5) is 0 Å². The molecule has 1 saturated carbocycles. The Kier molecular flexibility index (Phi) is 5.34. The number of oxazole rings is 1. The number of amides is 1. The van der Waals surface area contributed by atoms with Crippen molar-refractivity contribution in [3.8, 4) is 11.5 Å². The highest BCUT2D eigenvalue weighted by Crippen LogP contribution is 2.40. The van der Waals surface area contributed by atoms with E-state index in [4.69, 9.17) is 13.9 Å². The number of hydrogen-bond donors (Lipinski definition) is 1. The van der Waals surface area contributed by atoms with Crippen LogP contribution in [0.1, 0.15) is 46.5 Å². The van der Waals surface area contributed by atoms with E-state index in [0.29, 0.717) is 28.6 Å². The lowest BCUT2D eigenvalue weighted by Crippen LogP contribution is -2.35. The quantitative estimate of drug-likeness (QED) is 0.758. The highest BCUT2D eigenvalue weighted by atomic mass is 16.5. The first-order valence-corrected chi connectivity index (χ1v) is 8.61. The average molecular weight is 374 g/mol. The van der Waals surface area contributed by atoms with E-state index >= 15 is 0 Å². The summed E-state index contributed by atoms with van der Waals surface area (Å²) in [5.74, 6) is 0.398. The van der Waals surface area contributed by atoms with E-state index in [9.17, 15) is 14.7 Å². The molecule has 144 valence electrons. The van der Waals surface area contributed by atoms with E-state index in [1.807, 2.05) is 0 Å². The van der Waals surface area contributed by atoms with Crippen molar-refractivity contribution in [1.29, 1.82) is 0 Å². The molecular formula is C19H22N2O6. The Hall–Kier alpha value is -3.03. The second-order valence-electron chi connectivity index (χ2n) is 6.52. The first-order chi connectivity index (χ1) is 12.9. The highest BCUT2D eigenvalue weighted by molar-refractivity contribution is 5.94. The van der Waals surface area contributed by atoms with Gasteiger partial charge >= 0.3 is 5.97 Å². The monoisotopic (exact) mass is 374 g/mol. The van der Waals surface area contributed by atoms with E-state index in [0.717, 1.165) is 12.8 Å². The number of benzene rings is 1. The summed E-state index contributed by atoms with van der Waals surface area (Å²) in [5, 5.41) is 9.24. The molecule has 1 aromatic carbocycles. The zero-order valence-corrected chi connectivity index (χ0v) is 15.5. The van der Waals surface area contributed by atoms with Crippen LogP contribution in [0.3, 0.4) is 0 Å². The van der Waals surface area contributed by atoms with Crippen molar-refractivity contribution in [2.24, 2.45) is 0 Å². The number of aliphatic carboxylic acids is 1. The van der Waals surface area contributed by atoms with Gasteiger partial charge in [-0.2, -0.15) is 0 Å². The van der Waals surface area contributed by atoms with Crippen molar-refractivity contribution in [3.05, 3.63) is 41.1 Å². The minimum atomic E-state index is -1.11. The zero-order valence-electron chi connectivity index (χ0n) is 15.5. The lowest BCUT2D eigenvalue weighted by Gasteiger charge is -2.20. The third kappa shape index (κ3) is 4.39. The SMILES string of the molecule is COc1cc(CN(CC(=O)O)C(=O)c2oc(C3CC3)nc2C)cc(OC)c1. The van der Waals surface area contributed by atoms with E-state index in [1.54, 1.807) is 25.1 Å². The van der Waals surface area contributed by atoms with Gasteiger partial charge in [0.05, 0.1) is 19.9 Å². The predicted molar refractivity (Wildman–Crippen MR) is 95.1 cm³/mol. The molecule has 1 fully saturated rings. The molecule has 1 N–H and O–H groups in total. The average Bonchev–Trinajstić information content (AvgIpc) is 3.42. The van der Waals surface area contributed by atoms with Gasteiger partial charge in [0.2, 0.25) is 5.76 Å². The van der Waals surface area contributed by atoms with Crippen LogP contribution in [0, 0.1) is 6.92 Å². The maximum atomic E-state index is 12.9. The van der Waals surface area contributed by atoms with Crippen LogP contribution in [0.25, 0.3) is 0 Å². The first kappa shape index (κ1) is 18.8. The Labute approximate surface area is 156 Å². The number of nitrogens with zero attached hydrogens (tertiary/aromatic N) is 2. The van der Waals surface area contributed by atoms with Crippen LogP contribution >= 0.6 is 0 Å². The second-order valence-corrected chi connectivity index (χ2v) is 6.52. The smallest absolute Gasteiger partial charge is 0.323 e. The van der Waals surface area contributed by atoms with Gasteiger partial charge in [-0.05, 0) is 37.5 Å². The van der Waals surface area contributed by atoms with E-state index in [-0.39, 0.29) is 18.2 Å². The fourth-order valence-corrected chi connectivity index (χ4v) is 2.81. The van der Waals surface area contributed by atoms with Gasteiger partial charge in [-0.3, -0.25) is 9.59 Å². The summed E-state index contributed by atoms with van der Waals surface area (Å²) in [6, 6.07) is 5.16. The number of ether oxygens (including phenoxy) is 2. The molecule has 27 heavy (non-hydrogen) atoms. The summed E-state index contributed by atoms with van der Waals surface area (Å²) in [5.41, 5.74) is 1.15. The molecule has 1 amide bonds. The molecular weight excluding hydrogens is 352 g/mol. The van der Waals surface area contributed by atoms with Gasteiger partial charge in [0.15, 0.2) is 5.89 Å². The number of carboxylic acids is 1. The molecule has 0 bridgehead atoms. The van der Waals surface area contributed by atoms with Crippen LogP contribution in [0.15, 0.2) is 22.6 Å². The molecule has 8 nitrogen and oxygen atoms in total. The lowest BCUT2D eigenvalue weighted by atomic mass is 10.1. The standard InChI is InChI=1S/C19H22N2O6/c1-11-17(27-18(20-11)13-4-5-13)19(24)21(10-16(22)23)9-12-6-14(25-2)8-15(7-12)26-3/h6-8,13H,4-5,9-10H2,1-3H3,(H,22,23). The molecule has 3 rings (SSSR count). The molecule has 1 aliphatic rings. The van der Waals surface area contributed by atoms with Crippen molar-refractivity contribution < 1.29 is 28.6 Å². The number of rotatable bonds is 8. The van der Waals surface area contributed by atoms with Gasteiger partial charge in [0.25, 0.3) is 5.91 Å². The Bertz CT molecular complexity index is 834. The third-order valence-electron chi connectivity index (χ3n) is 4.33. The highest BCUT2D eigenvalue weighted by Gasteiger charge is 2.32. The van der Waals surface area contributed by atoms with Crippen LogP contribution in [-0.2, 0) is 11.3 Å². The largest absolute Gasteiger partial charge is 0.497 e. The molecule has 1 aromatic heterocycles. The number of carbonyl (C=O) groups excluding carboxylic acids is 1. The molecule has 0 atom stereocenters. The molecule has 0 aliphatic heterocycles. The van der Waals surface area contributed by atoms with Crippen molar-refractivity contribution in [2.45, 2.75) is 32.2 Å². The van der Waals surface area contributed by atoms with E-state index in [2.05, 4.69) is 4.98 Å². The number of carbonyl (C=O) groups is 2. The summed E-state index contributed by atoms with van der Waals surface area (Å²) >= 11 is 0. The molecule has 0 unspecified atom stereocenters. The summed E-state index contributed by atoms with van der Waals surface area (Å²) in [4.78, 5) is 29.8. The van der Waals surface area contributed by atoms with Gasteiger partial charge in [0, 0.05) is 18.5 Å². The fourth-order valence-electron chi connectivity index (χ4n) is 2.81. The summed E-state index contributed by atoms with van der Waals surface area (Å²) in [6.45, 7) is 1.30. The summed E-state index contributed by atoms with van der Waals surface area (Å²) in [7, 11) is 3.05. The molecule has 1 heterocycles. The summed E-state index contributed by atoms with van der Waals surface area (Å²) in [6.07, 6.45) is 1.99. The van der Waals surface area contributed by atoms with E-state index in [1.165, 1.54) is 19.1 Å². The van der Waals surface area contributed by atoms with Gasteiger partial charge in [0.1, 0.15) is 18.0 Å². The maximum absolute atomic E-state index is 12.9. The molecule has 8 heteroatoms. The van der Waals surface area contributed by atoms with Gasteiger partial charge in [-0.15, -0.1) is 0 Å². The number of aromatic nitrogens is 1. The van der Waals surface area contributed by atoms with Crippen LogP contribution < -0.4 is 9.47 Å². The van der Waals surface area contributed by atoms with Crippen molar-refractivity contribution >= 4 is 11.9 Å². The van der Waals surface area contributed by atoms with Crippen molar-refractivity contribution in [3.63, 3.8) is 0 Å². The van der Waals surface area contributed by atoms with Gasteiger partial charge < -0.3 is 23.9 Å². The number of methoxy groups -OCH3 is 2. The summed E-state index contributed by atoms with van der Waals surface area (Å²) < 4.78 is 16.1. The molecule has 0 saturated heterocycles. The minimum Gasteiger partial charge on any atom is -0.497 e. The van der Waals surface area contributed by atoms with Crippen LogP contribution in [0.5, 0.6) is 11.5 Å². The molecule has 2 aromatic rings. The lowest BCUT2D eigenvalue weighted by molar-refractivity contribution is -0.137. The molecule has 1 aliphatic carbocycles.